The van der Waals surface area contributed by atoms with E-state index in [1.54, 1.807) is 0 Å². The molecule has 0 atom stereocenters. The van der Waals surface area contributed by atoms with Crippen LogP contribution in [0.5, 0.6) is 0 Å². The first-order chi connectivity index (χ1) is 23.3. The van der Waals surface area contributed by atoms with Gasteiger partial charge in [0.1, 0.15) is 0 Å². The molecule has 47 heavy (non-hydrogen) atoms. The first-order valence-corrected chi connectivity index (χ1v) is 17.6. The summed E-state index contributed by atoms with van der Waals surface area (Å²) in [6, 6.07) is 59.9. The van der Waals surface area contributed by atoms with Crippen LogP contribution in [-0.4, -0.2) is 0 Å². The molecule has 0 amide bonds. The third-order valence-corrected chi connectivity index (χ3v) is 11.8. The van der Waals surface area contributed by atoms with Crippen LogP contribution in [0.2, 0.25) is 0 Å². The zero-order chi connectivity index (χ0) is 30.9. The molecule has 0 saturated heterocycles. The minimum absolute atomic E-state index is 1.14. The molecule has 0 bridgehead atoms. The Labute approximate surface area is 280 Å². The summed E-state index contributed by atoms with van der Waals surface area (Å²) in [4.78, 5) is 2.42. The third kappa shape index (κ3) is 4.21. The van der Waals surface area contributed by atoms with E-state index in [2.05, 4.69) is 169 Å². The SMILES string of the molecule is c1ccc(N(c2ccc(-c3cccc4ccccc34)cc2)c2cccc3c2sc2ccc4c5cc6ccccc6cc5sc4c23)cc1. The summed E-state index contributed by atoms with van der Waals surface area (Å²) in [6.07, 6.45) is 0. The van der Waals surface area contributed by atoms with Crippen LogP contribution in [0.3, 0.4) is 0 Å². The molecule has 0 spiro atoms. The van der Waals surface area contributed by atoms with Crippen molar-refractivity contribution in [1.29, 1.82) is 0 Å². The van der Waals surface area contributed by atoms with Gasteiger partial charge < -0.3 is 4.90 Å². The Morgan fingerprint density at radius 1 is 0.383 bits per heavy atom. The van der Waals surface area contributed by atoms with Crippen molar-refractivity contribution >= 4 is 102 Å². The molecule has 1 nitrogen and oxygen atoms in total. The fourth-order valence-electron chi connectivity index (χ4n) is 7.23. The summed E-state index contributed by atoms with van der Waals surface area (Å²) in [7, 11) is 0. The van der Waals surface area contributed by atoms with Gasteiger partial charge in [-0.05, 0) is 81.2 Å². The molecule has 2 heterocycles. The van der Waals surface area contributed by atoms with Gasteiger partial charge in [-0.3, -0.25) is 0 Å². The van der Waals surface area contributed by atoms with E-state index in [0.717, 1.165) is 11.4 Å². The minimum Gasteiger partial charge on any atom is -0.309 e. The molecule has 0 N–H and O–H groups in total. The average molecular weight is 634 g/mol. The normalized spacial score (nSPS) is 11.8. The van der Waals surface area contributed by atoms with Crippen molar-refractivity contribution in [3.05, 3.63) is 164 Å². The molecule has 0 aliphatic rings. The fraction of sp³-hybridized carbons (Fsp3) is 0. The van der Waals surface area contributed by atoms with Crippen LogP contribution in [0.1, 0.15) is 0 Å². The lowest BCUT2D eigenvalue weighted by molar-refractivity contribution is 1.30. The predicted molar refractivity (Wildman–Crippen MR) is 207 cm³/mol. The number of anilines is 3. The molecular weight excluding hydrogens is 607 g/mol. The van der Waals surface area contributed by atoms with E-state index in [9.17, 15) is 0 Å². The lowest BCUT2D eigenvalue weighted by Gasteiger charge is -2.26. The number of para-hydroxylation sites is 1. The van der Waals surface area contributed by atoms with Crippen LogP contribution in [0, 0.1) is 0 Å². The monoisotopic (exact) mass is 633 g/mol. The van der Waals surface area contributed by atoms with E-state index >= 15 is 0 Å². The van der Waals surface area contributed by atoms with Gasteiger partial charge in [0.15, 0.2) is 0 Å². The highest BCUT2D eigenvalue weighted by molar-refractivity contribution is 7.30. The van der Waals surface area contributed by atoms with Crippen LogP contribution >= 0.6 is 22.7 Å². The summed E-state index contributed by atoms with van der Waals surface area (Å²) >= 11 is 3.83. The molecular formula is C44H27NS2. The van der Waals surface area contributed by atoms with Gasteiger partial charge in [0.25, 0.3) is 0 Å². The van der Waals surface area contributed by atoms with Gasteiger partial charge in [0.05, 0.1) is 10.4 Å². The number of rotatable bonds is 4. The molecule has 8 aromatic carbocycles. The molecule has 220 valence electrons. The molecule has 0 fully saturated rings. The second kappa shape index (κ2) is 10.5. The largest absolute Gasteiger partial charge is 0.309 e. The Hall–Kier alpha value is -5.48. The lowest BCUT2D eigenvalue weighted by Crippen LogP contribution is -2.09. The Bertz CT molecular complexity index is 2780. The smallest absolute Gasteiger partial charge is 0.0640 e. The maximum atomic E-state index is 2.42. The first-order valence-electron chi connectivity index (χ1n) is 15.9. The molecule has 0 radical (unpaired) electrons. The Morgan fingerprint density at radius 2 is 1.04 bits per heavy atom. The zero-order valence-corrected chi connectivity index (χ0v) is 27.0. The maximum Gasteiger partial charge on any atom is 0.0640 e. The van der Waals surface area contributed by atoms with Crippen molar-refractivity contribution in [2.24, 2.45) is 0 Å². The summed E-state index contributed by atoms with van der Waals surface area (Å²) in [5.41, 5.74) is 5.97. The van der Waals surface area contributed by atoms with E-state index in [-0.39, 0.29) is 0 Å². The van der Waals surface area contributed by atoms with Crippen molar-refractivity contribution in [2.75, 3.05) is 4.90 Å². The van der Waals surface area contributed by atoms with Gasteiger partial charge in [-0.1, -0.05) is 115 Å². The summed E-state index contributed by atoms with van der Waals surface area (Å²) in [5, 5.41) is 10.5. The van der Waals surface area contributed by atoms with E-state index in [4.69, 9.17) is 0 Å². The highest BCUT2D eigenvalue weighted by atomic mass is 32.1. The summed E-state index contributed by atoms with van der Waals surface area (Å²) < 4.78 is 5.36. The van der Waals surface area contributed by atoms with Crippen molar-refractivity contribution in [2.45, 2.75) is 0 Å². The van der Waals surface area contributed by atoms with Gasteiger partial charge in [0.2, 0.25) is 0 Å². The number of benzene rings is 8. The topological polar surface area (TPSA) is 3.24 Å². The number of nitrogens with zero attached hydrogens (tertiary/aromatic N) is 1. The fourth-order valence-corrected chi connectivity index (χ4v) is 9.81. The van der Waals surface area contributed by atoms with Crippen LogP contribution in [0.15, 0.2) is 164 Å². The standard InChI is InChI=1S/C44H27NS2/c1-2-14-32(15-3-1)45(33-22-20-29(21-23-33)35-17-8-13-28-10-6-7-16-34(28)35)39-19-9-18-37-42-40(46-43(37)39)25-24-36-38-26-30-11-4-5-12-31(30)27-41(38)47-44(36)42/h1-27H. The number of hydrogen-bond acceptors (Lipinski definition) is 3. The van der Waals surface area contributed by atoms with Gasteiger partial charge >= 0.3 is 0 Å². The Kier molecular flexibility index (Phi) is 5.98. The second-order valence-electron chi connectivity index (χ2n) is 12.1. The summed E-state index contributed by atoms with van der Waals surface area (Å²) in [5.74, 6) is 0. The molecule has 0 unspecified atom stereocenters. The third-order valence-electron chi connectivity index (χ3n) is 9.43. The highest BCUT2D eigenvalue weighted by Gasteiger charge is 2.20. The van der Waals surface area contributed by atoms with Crippen molar-refractivity contribution in [3.63, 3.8) is 0 Å². The molecule has 2 aromatic heterocycles. The average Bonchev–Trinajstić information content (AvgIpc) is 3.69. The molecule has 10 aromatic rings. The van der Waals surface area contributed by atoms with Crippen LogP contribution in [-0.2, 0) is 0 Å². The van der Waals surface area contributed by atoms with Crippen LogP contribution in [0.25, 0.3) is 73.0 Å². The predicted octanol–water partition coefficient (Wildman–Crippen LogP) is 13.9. The quantitative estimate of drug-likeness (QED) is 0.186. The summed E-state index contributed by atoms with van der Waals surface area (Å²) in [6.45, 7) is 0. The van der Waals surface area contributed by atoms with Crippen LogP contribution < -0.4 is 4.90 Å². The molecule has 0 aliphatic carbocycles. The van der Waals surface area contributed by atoms with E-state index in [1.807, 2.05) is 22.7 Å². The molecule has 0 saturated carbocycles. The molecule has 3 heteroatoms. The first kappa shape index (κ1) is 26.7. The maximum absolute atomic E-state index is 2.42. The number of hydrogen-bond donors (Lipinski definition) is 0. The van der Waals surface area contributed by atoms with Gasteiger partial charge in [-0.15, -0.1) is 22.7 Å². The number of fused-ring (bicyclic) bond motifs is 9. The Balaban J connectivity index is 1.17. The molecule has 0 aliphatic heterocycles. The van der Waals surface area contributed by atoms with E-state index in [0.29, 0.717) is 0 Å². The van der Waals surface area contributed by atoms with Gasteiger partial charge in [-0.25, -0.2) is 0 Å². The van der Waals surface area contributed by atoms with Crippen molar-refractivity contribution < 1.29 is 0 Å². The lowest BCUT2D eigenvalue weighted by atomic mass is 9.98. The van der Waals surface area contributed by atoms with Crippen molar-refractivity contribution in [1.82, 2.24) is 0 Å². The van der Waals surface area contributed by atoms with Crippen LogP contribution in [0.4, 0.5) is 17.1 Å². The number of thiophene rings is 2. The van der Waals surface area contributed by atoms with Crippen molar-refractivity contribution in [3.8, 4) is 11.1 Å². The van der Waals surface area contributed by atoms with Gasteiger partial charge in [0, 0.05) is 47.0 Å². The minimum atomic E-state index is 1.14. The van der Waals surface area contributed by atoms with E-state index in [1.165, 1.54) is 78.7 Å². The zero-order valence-electron chi connectivity index (χ0n) is 25.4. The Morgan fingerprint density at radius 3 is 1.89 bits per heavy atom. The highest BCUT2D eigenvalue weighted by Crippen LogP contribution is 2.49. The second-order valence-corrected chi connectivity index (χ2v) is 14.2. The van der Waals surface area contributed by atoms with Gasteiger partial charge in [-0.2, -0.15) is 0 Å². The van der Waals surface area contributed by atoms with E-state index < -0.39 is 0 Å². The molecule has 10 rings (SSSR count).